The molecule has 1 heterocycles. The summed E-state index contributed by atoms with van der Waals surface area (Å²) in [4.78, 5) is 5.32. The van der Waals surface area contributed by atoms with Crippen molar-refractivity contribution >= 4 is 18.7 Å². The van der Waals surface area contributed by atoms with Crippen molar-refractivity contribution < 1.29 is 4.43 Å². The van der Waals surface area contributed by atoms with Crippen LogP contribution < -0.4 is 10.4 Å². The first-order valence-corrected chi connectivity index (χ1v) is 16.7. The number of benzene rings is 4. The highest BCUT2D eigenvalue weighted by Crippen LogP contribution is 2.37. The molecule has 5 rings (SSSR count). The summed E-state index contributed by atoms with van der Waals surface area (Å²) in [7, 11) is -2.54. The van der Waals surface area contributed by atoms with Gasteiger partial charge in [0.25, 0.3) is 8.32 Å². The minimum absolute atomic E-state index is 0.00859. The molecular weight excluding hydrogens is 504 g/mol. The van der Waals surface area contributed by atoms with E-state index in [2.05, 4.69) is 152 Å². The van der Waals surface area contributed by atoms with E-state index in [0.717, 1.165) is 45.8 Å². The van der Waals surface area contributed by atoms with E-state index in [9.17, 15) is 0 Å². The number of nitrogens with zero attached hydrogens (tertiary/aromatic N) is 2. The summed E-state index contributed by atoms with van der Waals surface area (Å²) in [6.07, 6.45) is 1.02. The third kappa shape index (κ3) is 6.64. The second-order valence-electron chi connectivity index (χ2n) is 12.1. The molecule has 1 atom stereocenters. The van der Waals surface area contributed by atoms with Gasteiger partial charge in [-0.05, 0) is 33.0 Å². The van der Waals surface area contributed by atoms with Gasteiger partial charge in [0.15, 0.2) is 0 Å². The van der Waals surface area contributed by atoms with Crippen molar-refractivity contribution in [2.24, 2.45) is 0 Å². The highest BCUT2D eigenvalue weighted by molar-refractivity contribution is 6.99. The fraction of sp³-hybridized carbons (Fsp3) is 0.333. The second kappa shape index (κ2) is 13.1. The Morgan fingerprint density at radius 1 is 0.650 bits per heavy atom. The number of hydrogen-bond acceptors (Lipinski definition) is 3. The molecule has 0 radical (unpaired) electrons. The largest absolute Gasteiger partial charge is 0.407 e. The van der Waals surface area contributed by atoms with Gasteiger partial charge in [-0.2, -0.15) is 0 Å². The lowest BCUT2D eigenvalue weighted by Gasteiger charge is -2.45. The quantitative estimate of drug-likeness (QED) is 0.215. The molecule has 208 valence electrons. The summed E-state index contributed by atoms with van der Waals surface area (Å²) in [6, 6.07) is 44.3. The maximum atomic E-state index is 7.31. The van der Waals surface area contributed by atoms with Crippen LogP contribution in [0.5, 0.6) is 0 Å². The molecule has 1 fully saturated rings. The lowest BCUT2D eigenvalue weighted by Crippen LogP contribution is -2.66. The highest BCUT2D eigenvalue weighted by Gasteiger charge is 2.50. The zero-order valence-electron chi connectivity index (χ0n) is 24.4. The summed E-state index contributed by atoms with van der Waals surface area (Å²) in [5.74, 6) is 0. The number of rotatable bonds is 10. The second-order valence-corrected chi connectivity index (χ2v) is 16.4. The zero-order chi connectivity index (χ0) is 27.8. The SMILES string of the molecule is CC(C)(C)[Si](OCCC1CN(Cc2ccccc2)CCN1Cc1ccccc1)(c1ccccc1)c1ccccc1. The van der Waals surface area contributed by atoms with Crippen molar-refractivity contribution in [2.45, 2.75) is 51.4 Å². The summed E-state index contributed by atoms with van der Waals surface area (Å²) in [5, 5.41) is 2.69. The lowest BCUT2D eigenvalue weighted by molar-refractivity contribution is 0.0512. The molecule has 0 aromatic heterocycles. The number of hydrogen-bond donors (Lipinski definition) is 0. The van der Waals surface area contributed by atoms with Crippen LogP contribution in [0.4, 0.5) is 0 Å². The normalized spacial score (nSPS) is 17.1. The molecule has 0 bridgehead atoms. The van der Waals surface area contributed by atoms with Gasteiger partial charge in [-0.1, -0.05) is 142 Å². The van der Waals surface area contributed by atoms with Gasteiger partial charge in [-0.25, -0.2) is 0 Å². The van der Waals surface area contributed by atoms with E-state index in [0.29, 0.717) is 6.04 Å². The van der Waals surface area contributed by atoms with Crippen LogP contribution in [0.15, 0.2) is 121 Å². The first kappa shape index (κ1) is 28.5. The Morgan fingerprint density at radius 2 is 1.12 bits per heavy atom. The van der Waals surface area contributed by atoms with Crippen molar-refractivity contribution in [1.82, 2.24) is 9.80 Å². The van der Waals surface area contributed by atoms with Gasteiger partial charge in [-0.3, -0.25) is 9.80 Å². The standard InChI is InChI=1S/C36H44N2OSi/c1-36(2,3)40(34-20-12-6-13-21-34,35-22-14-7-15-23-35)39-27-24-33-30-37(28-31-16-8-4-9-17-31)25-26-38(33)29-32-18-10-5-11-19-32/h4-23,33H,24-30H2,1-3H3. The maximum absolute atomic E-state index is 7.31. The summed E-state index contributed by atoms with van der Waals surface area (Å²) < 4.78 is 7.31. The Labute approximate surface area is 242 Å². The molecule has 4 aromatic rings. The molecule has 0 aliphatic carbocycles. The molecule has 0 spiro atoms. The molecule has 4 heteroatoms. The minimum atomic E-state index is -2.54. The first-order valence-electron chi connectivity index (χ1n) is 14.7. The van der Waals surface area contributed by atoms with Gasteiger partial charge in [0.2, 0.25) is 0 Å². The van der Waals surface area contributed by atoms with Crippen LogP contribution in [0.25, 0.3) is 0 Å². The van der Waals surface area contributed by atoms with E-state index in [1.807, 2.05) is 0 Å². The predicted octanol–water partition coefficient (Wildman–Crippen LogP) is 6.34. The predicted molar refractivity (Wildman–Crippen MR) is 171 cm³/mol. The Morgan fingerprint density at radius 3 is 1.62 bits per heavy atom. The molecule has 1 unspecified atom stereocenters. The fourth-order valence-electron chi connectivity index (χ4n) is 6.35. The average molecular weight is 549 g/mol. The van der Waals surface area contributed by atoms with Gasteiger partial charge in [-0.15, -0.1) is 0 Å². The van der Waals surface area contributed by atoms with Crippen molar-refractivity contribution in [3.05, 3.63) is 132 Å². The maximum Gasteiger partial charge on any atom is 0.261 e. The number of piperazine rings is 1. The Bertz CT molecular complexity index is 1250. The van der Waals surface area contributed by atoms with Gasteiger partial charge in [0.1, 0.15) is 0 Å². The van der Waals surface area contributed by atoms with Crippen molar-refractivity contribution in [1.29, 1.82) is 0 Å². The Kier molecular flexibility index (Phi) is 9.33. The van der Waals surface area contributed by atoms with E-state index < -0.39 is 8.32 Å². The first-order chi connectivity index (χ1) is 19.5. The molecule has 0 amide bonds. The lowest BCUT2D eigenvalue weighted by atomic mass is 10.1. The summed E-state index contributed by atoms with van der Waals surface area (Å²) >= 11 is 0. The van der Waals surface area contributed by atoms with Crippen molar-refractivity contribution in [3.8, 4) is 0 Å². The van der Waals surface area contributed by atoms with Crippen LogP contribution in [-0.2, 0) is 17.5 Å². The van der Waals surface area contributed by atoms with Crippen LogP contribution >= 0.6 is 0 Å². The van der Waals surface area contributed by atoms with Crippen LogP contribution in [0.1, 0.15) is 38.3 Å². The van der Waals surface area contributed by atoms with Crippen LogP contribution in [0, 0.1) is 0 Å². The topological polar surface area (TPSA) is 15.7 Å². The molecule has 1 saturated heterocycles. The molecule has 40 heavy (non-hydrogen) atoms. The summed E-state index contributed by atoms with van der Waals surface area (Å²) in [6.45, 7) is 13.1. The minimum Gasteiger partial charge on any atom is -0.407 e. The Hall–Kier alpha value is -3.02. The van der Waals surface area contributed by atoms with Crippen LogP contribution in [-0.4, -0.2) is 50.4 Å². The monoisotopic (exact) mass is 548 g/mol. The van der Waals surface area contributed by atoms with Crippen LogP contribution in [0.3, 0.4) is 0 Å². The van der Waals surface area contributed by atoms with Gasteiger partial charge in [0, 0.05) is 45.4 Å². The highest BCUT2D eigenvalue weighted by atomic mass is 28.4. The third-order valence-corrected chi connectivity index (χ3v) is 13.4. The van der Waals surface area contributed by atoms with E-state index in [4.69, 9.17) is 4.43 Å². The molecule has 4 aromatic carbocycles. The fourth-order valence-corrected chi connectivity index (χ4v) is 10.9. The van der Waals surface area contributed by atoms with Crippen LogP contribution in [0.2, 0.25) is 5.04 Å². The zero-order valence-corrected chi connectivity index (χ0v) is 25.4. The summed E-state index contributed by atoms with van der Waals surface area (Å²) in [5.41, 5.74) is 2.78. The molecule has 3 nitrogen and oxygen atoms in total. The molecular formula is C36H44N2OSi. The van der Waals surface area contributed by atoms with Gasteiger partial charge < -0.3 is 4.43 Å². The van der Waals surface area contributed by atoms with Crippen molar-refractivity contribution in [3.63, 3.8) is 0 Å². The van der Waals surface area contributed by atoms with E-state index in [-0.39, 0.29) is 5.04 Å². The molecule has 1 aliphatic rings. The van der Waals surface area contributed by atoms with E-state index in [1.54, 1.807) is 0 Å². The third-order valence-electron chi connectivity index (χ3n) is 8.35. The molecule has 0 saturated carbocycles. The molecule has 1 aliphatic heterocycles. The van der Waals surface area contributed by atoms with Crippen molar-refractivity contribution in [2.75, 3.05) is 26.2 Å². The van der Waals surface area contributed by atoms with E-state index in [1.165, 1.54) is 21.5 Å². The van der Waals surface area contributed by atoms with Gasteiger partial charge >= 0.3 is 0 Å². The van der Waals surface area contributed by atoms with Gasteiger partial charge in [0.05, 0.1) is 0 Å². The Balaban J connectivity index is 1.38. The van der Waals surface area contributed by atoms with E-state index >= 15 is 0 Å². The molecule has 0 N–H and O–H groups in total. The average Bonchev–Trinajstić information content (AvgIpc) is 2.98. The smallest absolute Gasteiger partial charge is 0.261 e.